The molecule has 4 nitrogen and oxygen atoms in total. The Bertz CT molecular complexity index is 754. The molecular formula is C19H19ClN2O2. The number of alkyl halides is 1. The van der Waals surface area contributed by atoms with Crippen LogP contribution in [0.5, 0.6) is 5.75 Å². The molecule has 0 fully saturated rings. The Labute approximate surface area is 146 Å². The van der Waals surface area contributed by atoms with Gasteiger partial charge in [0.2, 0.25) is 0 Å². The van der Waals surface area contributed by atoms with Crippen LogP contribution in [0.3, 0.4) is 0 Å². The number of nitrogens with zero attached hydrogens (tertiary/aromatic N) is 2. The Morgan fingerprint density at radius 2 is 1.88 bits per heavy atom. The second-order valence-electron chi connectivity index (χ2n) is 5.78. The zero-order valence-corrected chi connectivity index (χ0v) is 14.5. The highest BCUT2D eigenvalue weighted by Crippen LogP contribution is 2.33. The maximum absolute atomic E-state index is 12.2. The van der Waals surface area contributed by atoms with Crippen molar-refractivity contribution >= 4 is 23.2 Å². The Morgan fingerprint density at radius 1 is 1.21 bits per heavy atom. The largest absolute Gasteiger partial charge is 0.497 e. The SMILES string of the molecule is COc1ccc(C2=NN(C(=O)CCl)[C@@H](c3ccc(C)cc3)C2)cc1. The summed E-state index contributed by atoms with van der Waals surface area (Å²) in [5.41, 5.74) is 4.11. The molecular weight excluding hydrogens is 324 g/mol. The molecule has 0 N–H and O–H groups in total. The summed E-state index contributed by atoms with van der Waals surface area (Å²) in [5, 5.41) is 6.05. The number of rotatable bonds is 4. The van der Waals surface area contributed by atoms with Crippen molar-refractivity contribution in [2.75, 3.05) is 13.0 Å². The van der Waals surface area contributed by atoms with Crippen molar-refractivity contribution in [1.29, 1.82) is 0 Å². The second kappa shape index (κ2) is 7.05. The van der Waals surface area contributed by atoms with Gasteiger partial charge in [0.15, 0.2) is 0 Å². The third-order valence-electron chi connectivity index (χ3n) is 4.17. The molecule has 0 aromatic heterocycles. The van der Waals surface area contributed by atoms with Crippen LogP contribution in [0, 0.1) is 6.92 Å². The first-order valence-corrected chi connectivity index (χ1v) is 8.32. The van der Waals surface area contributed by atoms with Gasteiger partial charge in [-0.1, -0.05) is 29.8 Å². The Balaban J connectivity index is 1.91. The summed E-state index contributed by atoms with van der Waals surface area (Å²) in [7, 11) is 1.64. The molecule has 0 spiro atoms. The molecule has 5 heteroatoms. The number of aryl methyl sites for hydroxylation is 1. The summed E-state index contributed by atoms with van der Waals surface area (Å²) in [5.74, 6) is 0.522. The highest BCUT2D eigenvalue weighted by atomic mass is 35.5. The Morgan fingerprint density at radius 3 is 2.46 bits per heavy atom. The molecule has 0 saturated heterocycles. The predicted octanol–water partition coefficient (Wildman–Crippen LogP) is 3.92. The van der Waals surface area contributed by atoms with Crippen LogP contribution < -0.4 is 4.74 Å². The smallest absolute Gasteiger partial charge is 0.258 e. The van der Waals surface area contributed by atoms with Gasteiger partial charge >= 0.3 is 0 Å². The molecule has 2 aromatic carbocycles. The van der Waals surface area contributed by atoms with Crippen LogP contribution in [0.1, 0.15) is 29.2 Å². The molecule has 0 radical (unpaired) electrons. The summed E-state index contributed by atoms with van der Waals surface area (Å²) in [4.78, 5) is 12.2. The summed E-state index contributed by atoms with van der Waals surface area (Å²) < 4.78 is 5.19. The molecule has 0 bridgehead atoms. The average molecular weight is 343 g/mol. The van der Waals surface area contributed by atoms with Gasteiger partial charge in [-0.3, -0.25) is 4.79 Å². The van der Waals surface area contributed by atoms with Gasteiger partial charge in [-0.25, -0.2) is 5.01 Å². The molecule has 0 unspecified atom stereocenters. The molecule has 0 aliphatic carbocycles. The second-order valence-corrected chi connectivity index (χ2v) is 6.05. The van der Waals surface area contributed by atoms with Gasteiger partial charge in [-0.15, -0.1) is 11.6 Å². The van der Waals surface area contributed by atoms with E-state index < -0.39 is 0 Å². The molecule has 24 heavy (non-hydrogen) atoms. The molecule has 3 rings (SSSR count). The number of hydrazone groups is 1. The zero-order chi connectivity index (χ0) is 17.1. The molecule has 1 aliphatic rings. The van der Waals surface area contributed by atoms with Crippen LogP contribution in [-0.2, 0) is 4.79 Å². The lowest BCUT2D eigenvalue weighted by molar-refractivity contribution is -0.130. The third-order valence-corrected chi connectivity index (χ3v) is 4.39. The summed E-state index contributed by atoms with van der Waals surface area (Å²) in [6, 6.07) is 15.8. The van der Waals surface area contributed by atoms with Crippen molar-refractivity contribution in [3.8, 4) is 5.75 Å². The average Bonchev–Trinajstić information content (AvgIpc) is 3.07. The van der Waals surface area contributed by atoms with E-state index in [1.165, 1.54) is 10.6 Å². The maximum atomic E-state index is 12.2. The minimum Gasteiger partial charge on any atom is -0.497 e. The van der Waals surface area contributed by atoms with Crippen molar-refractivity contribution in [1.82, 2.24) is 5.01 Å². The van der Waals surface area contributed by atoms with E-state index in [9.17, 15) is 4.79 Å². The van der Waals surface area contributed by atoms with E-state index in [-0.39, 0.29) is 17.8 Å². The molecule has 2 aromatic rings. The summed E-state index contributed by atoms with van der Waals surface area (Å²) in [6.45, 7) is 2.04. The number of benzene rings is 2. The van der Waals surface area contributed by atoms with E-state index in [1.54, 1.807) is 7.11 Å². The summed E-state index contributed by atoms with van der Waals surface area (Å²) in [6.07, 6.45) is 0.665. The van der Waals surface area contributed by atoms with E-state index in [2.05, 4.69) is 5.10 Å². The molecule has 1 atom stereocenters. The zero-order valence-electron chi connectivity index (χ0n) is 13.7. The van der Waals surface area contributed by atoms with Gasteiger partial charge in [0.05, 0.1) is 18.9 Å². The number of methoxy groups -OCH3 is 1. The van der Waals surface area contributed by atoms with Gasteiger partial charge < -0.3 is 4.74 Å². The van der Waals surface area contributed by atoms with Crippen molar-refractivity contribution in [2.24, 2.45) is 5.10 Å². The topological polar surface area (TPSA) is 41.9 Å². The van der Waals surface area contributed by atoms with Gasteiger partial charge in [-0.2, -0.15) is 5.10 Å². The van der Waals surface area contributed by atoms with Crippen LogP contribution in [0.4, 0.5) is 0 Å². The van der Waals surface area contributed by atoms with Crippen molar-refractivity contribution in [3.63, 3.8) is 0 Å². The fourth-order valence-corrected chi connectivity index (χ4v) is 2.93. The third kappa shape index (κ3) is 3.29. The number of amides is 1. The highest BCUT2D eigenvalue weighted by Gasteiger charge is 2.32. The maximum Gasteiger partial charge on any atom is 0.258 e. The lowest BCUT2D eigenvalue weighted by Gasteiger charge is -2.21. The highest BCUT2D eigenvalue weighted by molar-refractivity contribution is 6.27. The van der Waals surface area contributed by atoms with Crippen molar-refractivity contribution in [2.45, 2.75) is 19.4 Å². The number of carbonyl (C=O) groups excluding carboxylic acids is 1. The number of hydrogen-bond donors (Lipinski definition) is 0. The van der Waals surface area contributed by atoms with Crippen LogP contribution in [-0.4, -0.2) is 29.6 Å². The first kappa shape index (κ1) is 16.5. The van der Waals surface area contributed by atoms with Gasteiger partial charge in [0.1, 0.15) is 11.6 Å². The quantitative estimate of drug-likeness (QED) is 0.790. The van der Waals surface area contributed by atoms with E-state index >= 15 is 0 Å². The van der Waals surface area contributed by atoms with E-state index in [0.29, 0.717) is 6.42 Å². The van der Waals surface area contributed by atoms with Gasteiger partial charge in [0.25, 0.3) is 5.91 Å². The van der Waals surface area contributed by atoms with Crippen LogP contribution in [0.2, 0.25) is 0 Å². The van der Waals surface area contributed by atoms with E-state index in [4.69, 9.17) is 16.3 Å². The van der Waals surface area contributed by atoms with E-state index in [1.807, 2.05) is 55.5 Å². The lowest BCUT2D eigenvalue weighted by atomic mass is 9.97. The van der Waals surface area contributed by atoms with Crippen LogP contribution >= 0.6 is 11.6 Å². The van der Waals surface area contributed by atoms with Crippen molar-refractivity contribution in [3.05, 3.63) is 65.2 Å². The number of halogens is 1. The Kier molecular flexibility index (Phi) is 4.86. The van der Waals surface area contributed by atoms with Crippen LogP contribution in [0.15, 0.2) is 53.6 Å². The summed E-state index contributed by atoms with van der Waals surface area (Å²) >= 11 is 5.77. The molecule has 1 amide bonds. The van der Waals surface area contributed by atoms with Gasteiger partial charge in [-0.05, 0) is 42.3 Å². The molecule has 1 heterocycles. The number of carbonyl (C=O) groups is 1. The lowest BCUT2D eigenvalue weighted by Crippen LogP contribution is -2.27. The molecule has 0 saturated carbocycles. The fraction of sp³-hybridized carbons (Fsp3) is 0.263. The van der Waals surface area contributed by atoms with Crippen molar-refractivity contribution < 1.29 is 9.53 Å². The molecule has 124 valence electrons. The first-order valence-electron chi connectivity index (χ1n) is 7.79. The van der Waals surface area contributed by atoms with Gasteiger partial charge in [0, 0.05) is 6.42 Å². The van der Waals surface area contributed by atoms with Crippen LogP contribution in [0.25, 0.3) is 0 Å². The normalized spacial score (nSPS) is 16.9. The Hall–Kier alpha value is -2.33. The minimum absolute atomic E-state index is 0.0816. The fourth-order valence-electron chi connectivity index (χ4n) is 2.81. The molecule has 1 aliphatic heterocycles. The number of ether oxygens (including phenoxy) is 1. The minimum atomic E-state index is -0.189. The monoisotopic (exact) mass is 342 g/mol. The van der Waals surface area contributed by atoms with E-state index in [0.717, 1.165) is 22.6 Å². The predicted molar refractivity (Wildman–Crippen MR) is 95.6 cm³/mol. The number of hydrogen-bond acceptors (Lipinski definition) is 3. The standard InChI is InChI=1S/C19H19ClN2O2/c1-13-3-5-15(6-4-13)18-11-17(21-22(18)19(23)12-20)14-7-9-16(24-2)10-8-14/h3-10,18H,11-12H2,1-2H3/t18-/m1/s1. The first-order chi connectivity index (χ1) is 11.6.